The third kappa shape index (κ3) is 4.97. The van der Waals surface area contributed by atoms with Gasteiger partial charge in [-0.05, 0) is 39.9 Å². The molecule has 2 heteroatoms. The molecule has 14 heavy (non-hydrogen) atoms. The summed E-state index contributed by atoms with van der Waals surface area (Å²) >= 11 is 0. The Bertz CT molecular complexity index is 126. The van der Waals surface area contributed by atoms with Gasteiger partial charge in [0, 0.05) is 12.6 Å². The lowest BCUT2D eigenvalue weighted by Crippen LogP contribution is -2.38. The summed E-state index contributed by atoms with van der Waals surface area (Å²) in [7, 11) is 2.06. The molecule has 1 unspecified atom stereocenters. The first-order valence-corrected chi connectivity index (χ1v) is 6.22. The van der Waals surface area contributed by atoms with Crippen LogP contribution in [-0.4, -0.2) is 37.6 Å². The summed E-state index contributed by atoms with van der Waals surface area (Å²) in [5.41, 5.74) is 0. The first-order valence-electron chi connectivity index (χ1n) is 6.22. The van der Waals surface area contributed by atoms with Crippen molar-refractivity contribution in [3.8, 4) is 0 Å². The van der Waals surface area contributed by atoms with Crippen molar-refractivity contribution in [3.05, 3.63) is 0 Å². The number of likely N-dealkylation sites (N-methyl/N-ethyl adjacent to an activating group) is 1. The van der Waals surface area contributed by atoms with E-state index in [1.165, 1.54) is 58.2 Å². The van der Waals surface area contributed by atoms with Crippen LogP contribution in [-0.2, 0) is 0 Å². The van der Waals surface area contributed by atoms with Crippen LogP contribution in [0.3, 0.4) is 0 Å². The molecule has 0 aromatic carbocycles. The van der Waals surface area contributed by atoms with Crippen LogP contribution >= 0.6 is 0 Å². The normalized spacial score (nSPS) is 23.6. The SMILES string of the molecule is CNC(C)CN1CCCCCCCC1. The Morgan fingerprint density at radius 2 is 1.50 bits per heavy atom. The molecule has 0 aliphatic carbocycles. The fourth-order valence-electron chi connectivity index (χ4n) is 2.15. The average Bonchev–Trinajstić information content (AvgIpc) is 2.31. The number of rotatable bonds is 3. The van der Waals surface area contributed by atoms with Crippen molar-refractivity contribution in [3.63, 3.8) is 0 Å². The van der Waals surface area contributed by atoms with Gasteiger partial charge in [-0.2, -0.15) is 0 Å². The average molecular weight is 198 g/mol. The van der Waals surface area contributed by atoms with Crippen LogP contribution in [0.15, 0.2) is 0 Å². The fourth-order valence-corrected chi connectivity index (χ4v) is 2.15. The number of nitrogens with zero attached hydrogens (tertiary/aromatic N) is 1. The van der Waals surface area contributed by atoms with Crippen LogP contribution in [0.4, 0.5) is 0 Å². The molecular weight excluding hydrogens is 172 g/mol. The lowest BCUT2D eigenvalue weighted by atomic mass is 10.1. The summed E-state index contributed by atoms with van der Waals surface area (Å²) in [5, 5.41) is 3.32. The number of nitrogens with one attached hydrogen (secondary N) is 1. The van der Waals surface area contributed by atoms with Gasteiger partial charge in [0.05, 0.1) is 0 Å². The molecule has 1 N–H and O–H groups in total. The molecule has 0 bridgehead atoms. The van der Waals surface area contributed by atoms with Crippen molar-refractivity contribution < 1.29 is 0 Å². The van der Waals surface area contributed by atoms with Crippen LogP contribution in [0, 0.1) is 0 Å². The standard InChI is InChI=1S/C12H26N2/c1-12(13-2)11-14-9-7-5-3-4-6-8-10-14/h12-13H,3-11H2,1-2H3. The van der Waals surface area contributed by atoms with Crippen molar-refractivity contribution in [1.82, 2.24) is 10.2 Å². The monoisotopic (exact) mass is 198 g/mol. The molecule has 0 amide bonds. The van der Waals surface area contributed by atoms with E-state index in [-0.39, 0.29) is 0 Å². The van der Waals surface area contributed by atoms with E-state index >= 15 is 0 Å². The maximum Gasteiger partial charge on any atom is 0.0163 e. The molecule has 0 aromatic rings. The Balaban J connectivity index is 2.25. The Labute approximate surface area is 89.1 Å². The van der Waals surface area contributed by atoms with Crippen molar-refractivity contribution in [2.75, 3.05) is 26.7 Å². The molecule has 1 atom stereocenters. The van der Waals surface area contributed by atoms with E-state index in [0.717, 1.165) is 0 Å². The predicted octanol–water partition coefficient (Wildman–Crippen LogP) is 2.25. The van der Waals surface area contributed by atoms with Gasteiger partial charge in [-0.1, -0.05) is 25.7 Å². The van der Waals surface area contributed by atoms with Gasteiger partial charge in [-0.25, -0.2) is 0 Å². The molecule has 1 fully saturated rings. The maximum atomic E-state index is 3.32. The molecule has 0 spiro atoms. The molecule has 1 rings (SSSR count). The Kier molecular flexibility index (Phi) is 6.20. The van der Waals surface area contributed by atoms with Gasteiger partial charge in [0.15, 0.2) is 0 Å². The van der Waals surface area contributed by atoms with Gasteiger partial charge in [0.25, 0.3) is 0 Å². The minimum absolute atomic E-state index is 0.635. The highest BCUT2D eigenvalue weighted by atomic mass is 15.1. The summed E-state index contributed by atoms with van der Waals surface area (Å²) in [4.78, 5) is 2.63. The zero-order chi connectivity index (χ0) is 10.2. The van der Waals surface area contributed by atoms with Gasteiger partial charge >= 0.3 is 0 Å². The predicted molar refractivity (Wildman–Crippen MR) is 62.7 cm³/mol. The highest BCUT2D eigenvalue weighted by Crippen LogP contribution is 2.11. The van der Waals surface area contributed by atoms with Crippen LogP contribution in [0.1, 0.15) is 45.4 Å². The topological polar surface area (TPSA) is 15.3 Å². The minimum atomic E-state index is 0.635. The van der Waals surface area contributed by atoms with E-state index in [9.17, 15) is 0 Å². The second kappa shape index (κ2) is 7.24. The Morgan fingerprint density at radius 1 is 1.00 bits per heavy atom. The molecule has 1 saturated heterocycles. The lowest BCUT2D eigenvalue weighted by Gasteiger charge is -2.24. The smallest absolute Gasteiger partial charge is 0.0163 e. The summed E-state index contributed by atoms with van der Waals surface area (Å²) < 4.78 is 0. The zero-order valence-corrected chi connectivity index (χ0v) is 9.89. The van der Waals surface area contributed by atoms with E-state index in [1.54, 1.807) is 0 Å². The number of hydrogen-bond acceptors (Lipinski definition) is 2. The maximum absolute atomic E-state index is 3.32. The summed E-state index contributed by atoms with van der Waals surface area (Å²) in [6, 6.07) is 0.635. The van der Waals surface area contributed by atoms with Gasteiger partial charge in [0.1, 0.15) is 0 Å². The van der Waals surface area contributed by atoms with Crippen LogP contribution in [0.5, 0.6) is 0 Å². The van der Waals surface area contributed by atoms with Gasteiger partial charge in [-0.3, -0.25) is 0 Å². The molecule has 0 saturated carbocycles. The first kappa shape index (κ1) is 12.0. The molecule has 2 nitrogen and oxygen atoms in total. The van der Waals surface area contributed by atoms with Crippen molar-refractivity contribution in [2.24, 2.45) is 0 Å². The molecule has 84 valence electrons. The summed E-state index contributed by atoms with van der Waals surface area (Å²) in [6.45, 7) is 6.11. The highest BCUT2D eigenvalue weighted by Gasteiger charge is 2.09. The zero-order valence-electron chi connectivity index (χ0n) is 9.89. The fraction of sp³-hybridized carbons (Fsp3) is 1.00. The largest absolute Gasteiger partial charge is 0.316 e. The first-order chi connectivity index (χ1) is 6.83. The third-order valence-corrected chi connectivity index (χ3v) is 3.22. The Morgan fingerprint density at radius 3 is 2.00 bits per heavy atom. The number of hydrogen-bond donors (Lipinski definition) is 1. The molecule has 1 heterocycles. The van der Waals surface area contributed by atoms with E-state index in [1.807, 2.05) is 0 Å². The molecule has 1 aliphatic rings. The van der Waals surface area contributed by atoms with E-state index < -0.39 is 0 Å². The van der Waals surface area contributed by atoms with Gasteiger partial charge in [0.2, 0.25) is 0 Å². The van der Waals surface area contributed by atoms with Crippen LogP contribution < -0.4 is 5.32 Å². The van der Waals surface area contributed by atoms with Crippen molar-refractivity contribution in [1.29, 1.82) is 0 Å². The summed E-state index contributed by atoms with van der Waals surface area (Å²) in [5.74, 6) is 0. The molecule has 0 radical (unpaired) electrons. The molecular formula is C12H26N2. The van der Waals surface area contributed by atoms with E-state index in [4.69, 9.17) is 0 Å². The quantitative estimate of drug-likeness (QED) is 0.748. The van der Waals surface area contributed by atoms with E-state index in [0.29, 0.717) is 6.04 Å². The third-order valence-electron chi connectivity index (χ3n) is 3.22. The Hall–Kier alpha value is -0.0800. The van der Waals surface area contributed by atoms with Crippen LogP contribution in [0.25, 0.3) is 0 Å². The molecule has 0 aromatic heterocycles. The lowest BCUT2D eigenvalue weighted by molar-refractivity contribution is 0.247. The highest BCUT2D eigenvalue weighted by molar-refractivity contribution is 4.67. The van der Waals surface area contributed by atoms with Gasteiger partial charge < -0.3 is 10.2 Å². The molecule has 1 aliphatic heterocycles. The van der Waals surface area contributed by atoms with Gasteiger partial charge in [-0.15, -0.1) is 0 Å². The minimum Gasteiger partial charge on any atom is -0.316 e. The summed E-state index contributed by atoms with van der Waals surface area (Å²) in [6.07, 6.45) is 8.58. The second-order valence-electron chi connectivity index (χ2n) is 4.61. The van der Waals surface area contributed by atoms with E-state index in [2.05, 4.69) is 24.2 Å². The van der Waals surface area contributed by atoms with Crippen molar-refractivity contribution in [2.45, 2.75) is 51.5 Å². The second-order valence-corrected chi connectivity index (χ2v) is 4.61. The van der Waals surface area contributed by atoms with Crippen molar-refractivity contribution >= 4 is 0 Å². The van der Waals surface area contributed by atoms with Crippen LogP contribution in [0.2, 0.25) is 0 Å².